The molecule has 2 unspecified atom stereocenters. The van der Waals surface area contributed by atoms with E-state index >= 15 is 0 Å². The molecular formula is C14H22N2O3S. The number of hydrogen-bond acceptors (Lipinski definition) is 4. The van der Waals surface area contributed by atoms with Gasteiger partial charge in [0.1, 0.15) is 4.90 Å². The van der Waals surface area contributed by atoms with E-state index in [0.717, 1.165) is 24.8 Å². The topological polar surface area (TPSA) is 81.4 Å². The second-order valence-electron chi connectivity index (χ2n) is 5.37. The number of methoxy groups -OCH3 is 1. The lowest BCUT2D eigenvalue weighted by molar-refractivity contribution is 0.0916. The van der Waals surface area contributed by atoms with Gasteiger partial charge in [-0.15, -0.1) is 0 Å². The second-order valence-corrected chi connectivity index (χ2v) is 7.03. The summed E-state index contributed by atoms with van der Waals surface area (Å²) in [4.78, 5) is 0.194. The molecule has 5 nitrogen and oxygen atoms in total. The van der Waals surface area contributed by atoms with E-state index in [4.69, 9.17) is 10.5 Å². The van der Waals surface area contributed by atoms with Crippen molar-refractivity contribution >= 4 is 15.7 Å². The highest BCUT2D eigenvalue weighted by Crippen LogP contribution is 2.28. The van der Waals surface area contributed by atoms with Crippen LogP contribution in [0.25, 0.3) is 0 Å². The van der Waals surface area contributed by atoms with Gasteiger partial charge in [-0.1, -0.05) is 12.1 Å². The fraction of sp³-hybridized carbons (Fsp3) is 0.571. The number of ether oxygens (including phenoxy) is 1. The van der Waals surface area contributed by atoms with Crippen LogP contribution < -0.4 is 10.5 Å². The zero-order valence-corrected chi connectivity index (χ0v) is 13.0. The molecule has 3 N–H and O–H groups in total. The molecule has 1 fully saturated rings. The first-order chi connectivity index (χ1) is 9.36. The smallest absolute Gasteiger partial charge is 0.243 e. The minimum Gasteiger partial charge on any atom is -0.397 e. The van der Waals surface area contributed by atoms with Crippen molar-refractivity contribution in [2.24, 2.45) is 0 Å². The predicted molar refractivity (Wildman–Crippen MR) is 79.1 cm³/mol. The Kier molecular flexibility index (Phi) is 4.36. The van der Waals surface area contributed by atoms with Crippen molar-refractivity contribution < 1.29 is 13.2 Å². The molecular weight excluding hydrogens is 276 g/mol. The molecule has 1 aliphatic carbocycles. The van der Waals surface area contributed by atoms with E-state index in [1.165, 1.54) is 0 Å². The van der Waals surface area contributed by atoms with Gasteiger partial charge in [-0.3, -0.25) is 0 Å². The molecule has 0 aliphatic heterocycles. The van der Waals surface area contributed by atoms with Crippen molar-refractivity contribution in [2.45, 2.75) is 50.2 Å². The SMILES string of the molecule is COC1CCCC1NS(=O)(=O)c1c(C)ccc(C)c1N. The van der Waals surface area contributed by atoms with Gasteiger partial charge < -0.3 is 10.5 Å². The molecule has 0 spiro atoms. The number of rotatable bonds is 4. The van der Waals surface area contributed by atoms with E-state index in [1.807, 2.05) is 6.07 Å². The van der Waals surface area contributed by atoms with Crippen LogP contribution in [0, 0.1) is 13.8 Å². The minimum atomic E-state index is -3.63. The summed E-state index contributed by atoms with van der Waals surface area (Å²) in [6.07, 6.45) is 2.58. The molecule has 0 saturated heterocycles. The molecule has 0 bridgehead atoms. The Morgan fingerprint density at radius 1 is 1.25 bits per heavy atom. The normalized spacial score (nSPS) is 23.1. The molecule has 6 heteroatoms. The number of nitrogens with two attached hydrogens (primary N) is 1. The van der Waals surface area contributed by atoms with Crippen LogP contribution >= 0.6 is 0 Å². The molecule has 1 saturated carbocycles. The van der Waals surface area contributed by atoms with Gasteiger partial charge in [-0.05, 0) is 44.2 Å². The van der Waals surface area contributed by atoms with E-state index in [2.05, 4.69) is 4.72 Å². The Bertz CT molecular complexity index is 599. The summed E-state index contributed by atoms with van der Waals surface area (Å²) in [5.41, 5.74) is 7.71. The predicted octanol–water partition coefficient (Wildman–Crippen LogP) is 1.73. The third kappa shape index (κ3) is 2.82. The lowest BCUT2D eigenvalue weighted by Gasteiger charge is -2.21. The van der Waals surface area contributed by atoms with Crippen LogP contribution in [0.5, 0.6) is 0 Å². The van der Waals surface area contributed by atoms with Crippen LogP contribution in [0.1, 0.15) is 30.4 Å². The van der Waals surface area contributed by atoms with E-state index < -0.39 is 10.0 Å². The highest BCUT2D eigenvalue weighted by atomic mass is 32.2. The monoisotopic (exact) mass is 298 g/mol. The van der Waals surface area contributed by atoms with Gasteiger partial charge in [0, 0.05) is 13.2 Å². The number of anilines is 1. The molecule has 0 aromatic heterocycles. The van der Waals surface area contributed by atoms with Crippen molar-refractivity contribution in [3.8, 4) is 0 Å². The van der Waals surface area contributed by atoms with Crippen molar-refractivity contribution in [3.63, 3.8) is 0 Å². The average molecular weight is 298 g/mol. The van der Waals surface area contributed by atoms with Gasteiger partial charge in [0.05, 0.1) is 11.8 Å². The van der Waals surface area contributed by atoms with Crippen LogP contribution in [-0.4, -0.2) is 27.7 Å². The highest BCUT2D eigenvalue weighted by molar-refractivity contribution is 7.89. The number of aryl methyl sites for hydroxylation is 2. The first-order valence-corrected chi connectivity index (χ1v) is 8.26. The second kappa shape index (κ2) is 5.71. The zero-order chi connectivity index (χ0) is 14.9. The number of hydrogen-bond donors (Lipinski definition) is 2. The maximum atomic E-state index is 12.6. The zero-order valence-electron chi connectivity index (χ0n) is 12.1. The summed E-state index contributed by atoms with van der Waals surface area (Å²) in [6.45, 7) is 3.56. The lowest BCUT2D eigenvalue weighted by atomic mass is 10.1. The molecule has 2 rings (SSSR count). The van der Waals surface area contributed by atoms with Gasteiger partial charge >= 0.3 is 0 Å². The molecule has 2 atom stereocenters. The van der Waals surface area contributed by atoms with E-state index in [9.17, 15) is 8.42 Å². The Morgan fingerprint density at radius 3 is 2.55 bits per heavy atom. The third-order valence-corrected chi connectivity index (χ3v) is 5.63. The van der Waals surface area contributed by atoms with Gasteiger partial charge in [0.2, 0.25) is 10.0 Å². The number of nitrogens with one attached hydrogen (secondary N) is 1. The summed E-state index contributed by atoms with van der Waals surface area (Å²) >= 11 is 0. The van der Waals surface area contributed by atoms with Crippen molar-refractivity contribution in [1.29, 1.82) is 0 Å². The largest absolute Gasteiger partial charge is 0.397 e. The Morgan fingerprint density at radius 2 is 1.90 bits per heavy atom. The lowest BCUT2D eigenvalue weighted by Crippen LogP contribution is -2.41. The Hall–Kier alpha value is -1.11. The summed E-state index contributed by atoms with van der Waals surface area (Å²) in [5, 5.41) is 0. The number of benzene rings is 1. The van der Waals surface area contributed by atoms with Gasteiger partial charge in [0.15, 0.2) is 0 Å². The molecule has 20 heavy (non-hydrogen) atoms. The summed E-state index contributed by atoms with van der Waals surface area (Å²) in [7, 11) is -2.01. The summed E-state index contributed by atoms with van der Waals surface area (Å²) in [5.74, 6) is 0. The number of sulfonamides is 1. The maximum absolute atomic E-state index is 12.6. The Balaban J connectivity index is 2.34. The molecule has 1 aromatic carbocycles. The van der Waals surface area contributed by atoms with Crippen LogP contribution in [0.4, 0.5) is 5.69 Å². The molecule has 0 amide bonds. The van der Waals surface area contributed by atoms with Crippen molar-refractivity contribution in [1.82, 2.24) is 4.72 Å². The number of nitrogen functional groups attached to an aromatic ring is 1. The van der Waals surface area contributed by atoms with E-state index in [1.54, 1.807) is 27.0 Å². The summed E-state index contributed by atoms with van der Waals surface area (Å²) < 4.78 is 33.3. The first-order valence-electron chi connectivity index (χ1n) is 6.77. The quantitative estimate of drug-likeness (QED) is 0.830. The van der Waals surface area contributed by atoms with Crippen LogP contribution in [0.2, 0.25) is 0 Å². The average Bonchev–Trinajstić information content (AvgIpc) is 2.80. The van der Waals surface area contributed by atoms with Gasteiger partial charge in [0.25, 0.3) is 0 Å². The first kappa shape index (κ1) is 15.3. The Labute approximate surface area is 120 Å². The minimum absolute atomic E-state index is 0.0592. The molecule has 0 heterocycles. The van der Waals surface area contributed by atoms with Crippen molar-refractivity contribution in [3.05, 3.63) is 23.3 Å². The molecule has 1 aromatic rings. The molecule has 1 aliphatic rings. The third-order valence-electron chi connectivity index (χ3n) is 3.94. The highest BCUT2D eigenvalue weighted by Gasteiger charge is 2.32. The van der Waals surface area contributed by atoms with Crippen LogP contribution in [0.3, 0.4) is 0 Å². The van der Waals surface area contributed by atoms with E-state index in [0.29, 0.717) is 11.3 Å². The van der Waals surface area contributed by atoms with Gasteiger partial charge in [-0.25, -0.2) is 13.1 Å². The maximum Gasteiger partial charge on any atom is 0.243 e. The van der Waals surface area contributed by atoms with Gasteiger partial charge in [-0.2, -0.15) is 0 Å². The fourth-order valence-electron chi connectivity index (χ4n) is 2.76. The van der Waals surface area contributed by atoms with Crippen LogP contribution in [-0.2, 0) is 14.8 Å². The molecule has 112 valence electrons. The van der Waals surface area contributed by atoms with Crippen LogP contribution in [0.15, 0.2) is 17.0 Å². The fourth-order valence-corrected chi connectivity index (χ4v) is 4.49. The standard InChI is InChI=1S/C14H22N2O3S/c1-9-7-8-10(2)14(13(9)15)20(17,18)16-11-5-4-6-12(11)19-3/h7-8,11-12,16H,4-6,15H2,1-3H3. The van der Waals surface area contributed by atoms with E-state index in [-0.39, 0.29) is 17.0 Å². The van der Waals surface area contributed by atoms with Crippen molar-refractivity contribution in [2.75, 3.05) is 12.8 Å². The summed E-state index contributed by atoms with van der Waals surface area (Å²) in [6, 6.07) is 3.43. The molecule has 0 radical (unpaired) electrons.